The number of hydrogen-bond acceptors (Lipinski definition) is 11. The molecule has 1 rings (SSSR count). The number of aromatic nitrogens is 3. The predicted molar refractivity (Wildman–Crippen MR) is 113 cm³/mol. The van der Waals surface area contributed by atoms with E-state index in [4.69, 9.17) is 10.2 Å². The second kappa shape index (κ2) is 13.3. The monoisotopic (exact) mass is 471 g/mol. The molecule has 0 fully saturated rings. The molecule has 174 valence electrons. The summed E-state index contributed by atoms with van der Waals surface area (Å²) in [5.74, 6) is 0.486. The Morgan fingerprint density at radius 2 is 1.00 bits per heavy atom. The fraction of sp³-hybridized carbons (Fsp3) is 0.812. The molecule has 0 aromatic carbocycles. The van der Waals surface area contributed by atoms with Crippen LogP contribution in [0.3, 0.4) is 0 Å². The first kappa shape index (κ1) is 26.9. The molecule has 0 spiro atoms. The minimum absolute atomic E-state index is 0.0816. The number of aliphatic hydroxyl groups is 6. The lowest BCUT2D eigenvalue weighted by molar-refractivity contribution is 0.113. The molecule has 0 aliphatic carbocycles. The fourth-order valence-electron chi connectivity index (χ4n) is 2.38. The Morgan fingerprint density at radius 3 is 1.33 bits per heavy atom. The Morgan fingerprint density at radius 1 is 0.667 bits per heavy atom. The summed E-state index contributed by atoms with van der Waals surface area (Å²) in [7, 11) is 1.18. The van der Waals surface area contributed by atoms with E-state index in [-0.39, 0.29) is 36.1 Å². The van der Waals surface area contributed by atoms with Crippen LogP contribution in [0.25, 0.3) is 0 Å². The smallest absolute Gasteiger partial charge is 0.336 e. The fourth-order valence-corrected chi connectivity index (χ4v) is 4.16. The van der Waals surface area contributed by atoms with Gasteiger partial charge in [0.15, 0.2) is 0 Å². The number of thioether (sulfide) groups is 2. The van der Waals surface area contributed by atoms with Crippen LogP contribution in [0.2, 0.25) is 0 Å². The van der Waals surface area contributed by atoms with Crippen LogP contribution in [0.15, 0.2) is 14.4 Å². The van der Waals surface area contributed by atoms with Crippen LogP contribution in [-0.4, -0.2) is 105 Å². The molecular weight excluding hydrogens is 442 g/mol. The van der Waals surface area contributed by atoms with Crippen LogP contribution in [0.1, 0.15) is 0 Å². The molecule has 4 unspecified atom stereocenters. The second-order valence-corrected chi connectivity index (χ2v) is 8.83. The Hall–Kier alpha value is -1.13. The van der Waals surface area contributed by atoms with Gasteiger partial charge in [-0.15, -0.1) is 0 Å². The Balaban J connectivity index is 2.90. The van der Waals surface area contributed by atoms with Crippen molar-refractivity contribution >= 4 is 23.5 Å². The molecule has 0 aliphatic heterocycles. The van der Waals surface area contributed by atoms with Gasteiger partial charge < -0.3 is 30.6 Å². The Kier molecular flexibility index (Phi) is 11.9. The molecule has 30 heavy (non-hydrogen) atoms. The van der Waals surface area contributed by atoms with E-state index in [1.165, 1.54) is 7.05 Å². The molecule has 0 bridgehead atoms. The van der Waals surface area contributed by atoms with Crippen LogP contribution < -0.4 is 17.1 Å². The first-order valence-corrected chi connectivity index (χ1v) is 11.4. The standard InChI is InChI=1S/C16H29N3O9S2/c1-17-14(26)18(2-10(22)6-29-8-12(24)4-20)16(28)19(15(17)27)3-11(23)7-30-9-13(25)5-21/h10-13,20-25H,2-9H2,1H3. The van der Waals surface area contributed by atoms with Gasteiger partial charge in [0.05, 0.1) is 50.7 Å². The van der Waals surface area contributed by atoms with Gasteiger partial charge in [-0.1, -0.05) is 0 Å². The van der Waals surface area contributed by atoms with Crippen molar-refractivity contribution in [2.45, 2.75) is 37.5 Å². The van der Waals surface area contributed by atoms with Crippen molar-refractivity contribution in [1.29, 1.82) is 0 Å². The maximum absolute atomic E-state index is 12.6. The van der Waals surface area contributed by atoms with E-state index in [1.807, 2.05) is 0 Å². The largest absolute Gasteiger partial charge is 0.394 e. The summed E-state index contributed by atoms with van der Waals surface area (Å²) in [6.45, 7) is -1.62. The summed E-state index contributed by atoms with van der Waals surface area (Å²) in [6, 6.07) is 0. The minimum atomic E-state index is -1.13. The van der Waals surface area contributed by atoms with Crippen molar-refractivity contribution in [3.63, 3.8) is 0 Å². The van der Waals surface area contributed by atoms with Gasteiger partial charge in [0.25, 0.3) is 0 Å². The van der Waals surface area contributed by atoms with E-state index >= 15 is 0 Å². The number of aliphatic hydroxyl groups excluding tert-OH is 6. The van der Waals surface area contributed by atoms with Crippen LogP contribution in [0, 0.1) is 0 Å². The molecule has 1 aromatic heterocycles. The SMILES string of the molecule is Cn1c(=O)n(CC(O)CSCC(O)CO)c(=O)n(CC(O)CSCC(O)CO)c1=O. The summed E-state index contributed by atoms with van der Waals surface area (Å²) in [4.78, 5) is 37.2. The molecule has 1 heterocycles. The van der Waals surface area contributed by atoms with Gasteiger partial charge >= 0.3 is 17.1 Å². The lowest BCUT2D eigenvalue weighted by Gasteiger charge is -2.17. The minimum Gasteiger partial charge on any atom is -0.394 e. The van der Waals surface area contributed by atoms with Gasteiger partial charge in [-0.05, 0) is 0 Å². The van der Waals surface area contributed by atoms with Gasteiger partial charge in [0.2, 0.25) is 0 Å². The molecule has 1 aromatic rings. The molecule has 0 amide bonds. The second-order valence-electron chi connectivity index (χ2n) is 6.68. The lowest BCUT2D eigenvalue weighted by atomic mass is 10.4. The summed E-state index contributed by atoms with van der Waals surface area (Å²) in [5.41, 5.74) is -2.78. The quantitative estimate of drug-likeness (QED) is 0.154. The van der Waals surface area contributed by atoms with E-state index in [9.17, 15) is 34.8 Å². The third-order valence-corrected chi connectivity index (χ3v) is 6.43. The highest BCUT2D eigenvalue weighted by atomic mass is 32.2. The van der Waals surface area contributed by atoms with Crippen molar-refractivity contribution in [2.75, 3.05) is 36.2 Å². The number of rotatable bonds is 14. The average Bonchev–Trinajstić information content (AvgIpc) is 2.72. The molecule has 0 saturated carbocycles. The predicted octanol–water partition coefficient (Wildman–Crippen LogP) is -4.40. The van der Waals surface area contributed by atoms with Gasteiger partial charge in [-0.2, -0.15) is 23.5 Å². The van der Waals surface area contributed by atoms with Gasteiger partial charge in [0, 0.05) is 30.1 Å². The highest BCUT2D eigenvalue weighted by Crippen LogP contribution is 2.07. The van der Waals surface area contributed by atoms with Gasteiger partial charge in [0.1, 0.15) is 0 Å². The van der Waals surface area contributed by atoms with Gasteiger partial charge in [-0.25, -0.2) is 28.1 Å². The van der Waals surface area contributed by atoms with Crippen LogP contribution in [-0.2, 0) is 20.1 Å². The highest BCUT2D eigenvalue weighted by molar-refractivity contribution is 7.99. The third kappa shape index (κ3) is 8.19. The van der Waals surface area contributed by atoms with Gasteiger partial charge in [-0.3, -0.25) is 0 Å². The number of hydrogen-bond donors (Lipinski definition) is 6. The first-order chi connectivity index (χ1) is 14.1. The van der Waals surface area contributed by atoms with E-state index < -0.39 is 54.7 Å². The molecule has 0 saturated heterocycles. The number of nitrogens with zero attached hydrogens (tertiary/aromatic N) is 3. The Bertz CT molecular complexity index is 763. The Labute approximate surface area is 180 Å². The molecular formula is C16H29N3O9S2. The maximum atomic E-state index is 12.6. The first-order valence-electron chi connectivity index (χ1n) is 9.12. The normalized spacial score (nSPS) is 15.7. The van der Waals surface area contributed by atoms with Crippen molar-refractivity contribution in [3.8, 4) is 0 Å². The molecule has 0 aliphatic rings. The molecule has 12 nitrogen and oxygen atoms in total. The van der Waals surface area contributed by atoms with Crippen molar-refractivity contribution in [2.24, 2.45) is 7.05 Å². The van der Waals surface area contributed by atoms with Crippen molar-refractivity contribution < 1.29 is 30.6 Å². The summed E-state index contributed by atoms with van der Waals surface area (Å²) in [5, 5.41) is 56.3. The van der Waals surface area contributed by atoms with Crippen molar-refractivity contribution in [3.05, 3.63) is 31.5 Å². The van der Waals surface area contributed by atoms with Crippen LogP contribution >= 0.6 is 23.5 Å². The zero-order chi connectivity index (χ0) is 22.8. The third-order valence-electron chi connectivity index (χ3n) is 3.95. The zero-order valence-electron chi connectivity index (χ0n) is 16.5. The van der Waals surface area contributed by atoms with Crippen molar-refractivity contribution in [1.82, 2.24) is 13.7 Å². The molecule has 6 N–H and O–H groups in total. The lowest BCUT2D eigenvalue weighted by Crippen LogP contribution is -2.55. The maximum Gasteiger partial charge on any atom is 0.336 e. The molecule has 4 atom stereocenters. The average molecular weight is 472 g/mol. The summed E-state index contributed by atoms with van der Waals surface area (Å²) < 4.78 is 2.10. The topological polar surface area (TPSA) is 187 Å². The molecule has 0 radical (unpaired) electrons. The van der Waals surface area contributed by atoms with Crippen LogP contribution in [0.5, 0.6) is 0 Å². The van der Waals surface area contributed by atoms with E-state index in [0.29, 0.717) is 13.7 Å². The van der Waals surface area contributed by atoms with E-state index in [1.54, 1.807) is 0 Å². The zero-order valence-corrected chi connectivity index (χ0v) is 18.2. The highest BCUT2D eigenvalue weighted by Gasteiger charge is 2.19. The summed E-state index contributed by atoms with van der Waals surface area (Å²) >= 11 is 2.25. The van der Waals surface area contributed by atoms with E-state index in [0.717, 1.165) is 23.5 Å². The van der Waals surface area contributed by atoms with Crippen LogP contribution in [0.4, 0.5) is 0 Å². The van der Waals surface area contributed by atoms with E-state index in [2.05, 4.69) is 0 Å². The summed E-state index contributed by atoms with van der Waals surface area (Å²) in [6.07, 6.45) is -4.15. The molecule has 14 heteroatoms.